The molecule has 0 bridgehead atoms. The molecule has 0 saturated heterocycles. The number of hydrogen-bond donors (Lipinski definition) is 1. The van der Waals surface area contributed by atoms with Gasteiger partial charge in [0.05, 0.1) is 0 Å². The van der Waals surface area contributed by atoms with Crippen LogP contribution in [0, 0.1) is 0 Å². The van der Waals surface area contributed by atoms with Gasteiger partial charge in [0.1, 0.15) is 5.75 Å². The van der Waals surface area contributed by atoms with Gasteiger partial charge in [0.25, 0.3) is 0 Å². The van der Waals surface area contributed by atoms with Crippen molar-refractivity contribution in [3.63, 3.8) is 0 Å². The molecule has 5 aromatic rings. The van der Waals surface area contributed by atoms with Gasteiger partial charge in [-0.3, -0.25) is 0 Å². The van der Waals surface area contributed by atoms with E-state index >= 15 is 0 Å². The van der Waals surface area contributed by atoms with Crippen LogP contribution in [0.1, 0.15) is 0 Å². The third-order valence-corrected chi connectivity index (χ3v) is 4.72. The Kier molecular flexibility index (Phi) is 2.42. The zero-order valence-corrected chi connectivity index (χ0v) is 12.5. The molecule has 0 unspecified atom stereocenters. The van der Waals surface area contributed by atoms with E-state index in [9.17, 15) is 5.11 Å². The standard InChI is InChI=1S/C22H14O/c23-20-7-2-1-6-18(20)17-12-10-16-9-8-14-4-3-5-15-11-13-19(17)22(16)21(14)15/h1-13,23H. The molecule has 0 atom stereocenters. The molecule has 0 aliphatic carbocycles. The van der Waals surface area contributed by atoms with E-state index in [4.69, 9.17) is 0 Å². The van der Waals surface area contributed by atoms with Crippen LogP contribution >= 0.6 is 0 Å². The lowest BCUT2D eigenvalue weighted by atomic mass is 9.90. The molecule has 1 heteroatoms. The monoisotopic (exact) mass is 294 g/mol. The maximum Gasteiger partial charge on any atom is 0.123 e. The Bertz CT molecular complexity index is 1150. The summed E-state index contributed by atoms with van der Waals surface area (Å²) in [5.74, 6) is 0.322. The first kappa shape index (κ1) is 12.5. The SMILES string of the molecule is Oc1ccccc1-c1ccc2ccc3cccc4ccc1c2c34. The van der Waals surface area contributed by atoms with Gasteiger partial charge in [0.15, 0.2) is 0 Å². The fraction of sp³-hybridized carbons (Fsp3) is 0. The quantitative estimate of drug-likeness (QED) is 0.378. The lowest BCUT2D eigenvalue weighted by Gasteiger charge is -2.14. The largest absolute Gasteiger partial charge is 0.507 e. The number of hydrogen-bond acceptors (Lipinski definition) is 1. The van der Waals surface area contributed by atoms with E-state index in [1.165, 1.54) is 32.3 Å². The molecule has 0 radical (unpaired) electrons. The van der Waals surface area contributed by atoms with Crippen LogP contribution in [0.4, 0.5) is 0 Å². The van der Waals surface area contributed by atoms with Gasteiger partial charge in [-0.1, -0.05) is 72.8 Å². The highest BCUT2D eigenvalue weighted by atomic mass is 16.3. The average molecular weight is 294 g/mol. The Morgan fingerprint density at radius 3 is 1.91 bits per heavy atom. The van der Waals surface area contributed by atoms with Gasteiger partial charge in [-0.25, -0.2) is 0 Å². The van der Waals surface area contributed by atoms with E-state index in [2.05, 4.69) is 54.6 Å². The summed E-state index contributed by atoms with van der Waals surface area (Å²) in [5, 5.41) is 17.8. The highest BCUT2D eigenvalue weighted by molar-refractivity contribution is 6.25. The molecular weight excluding hydrogens is 280 g/mol. The van der Waals surface area contributed by atoms with E-state index in [1.54, 1.807) is 6.07 Å². The van der Waals surface area contributed by atoms with Crippen LogP contribution in [0.15, 0.2) is 78.9 Å². The Morgan fingerprint density at radius 1 is 0.478 bits per heavy atom. The third kappa shape index (κ3) is 1.68. The Balaban J connectivity index is 2.01. The fourth-order valence-corrected chi connectivity index (χ4v) is 3.67. The molecule has 0 fully saturated rings. The molecule has 5 rings (SSSR count). The summed E-state index contributed by atoms with van der Waals surface area (Å²) < 4.78 is 0. The lowest BCUT2D eigenvalue weighted by molar-refractivity contribution is 0.477. The molecule has 0 aromatic heterocycles. The molecular formula is C22H14O. The van der Waals surface area contributed by atoms with Crippen molar-refractivity contribution in [2.24, 2.45) is 0 Å². The van der Waals surface area contributed by atoms with E-state index in [-0.39, 0.29) is 0 Å². The lowest BCUT2D eigenvalue weighted by Crippen LogP contribution is -1.87. The number of rotatable bonds is 1. The van der Waals surface area contributed by atoms with Gasteiger partial charge in [-0.2, -0.15) is 0 Å². The molecule has 0 amide bonds. The summed E-state index contributed by atoms with van der Waals surface area (Å²) in [4.78, 5) is 0. The molecule has 0 heterocycles. The van der Waals surface area contributed by atoms with Gasteiger partial charge in [-0.15, -0.1) is 0 Å². The minimum absolute atomic E-state index is 0.322. The Labute approximate surface area is 133 Å². The van der Waals surface area contributed by atoms with Crippen LogP contribution in [-0.4, -0.2) is 5.11 Å². The molecule has 23 heavy (non-hydrogen) atoms. The molecule has 5 aromatic carbocycles. The van der Waals surface area contributed by atoms with Crippen LogP contribution in [0.5, 0.6) is 5.75 Å². The average Bonchev–Trinajstić information content (AvgIpc) is 2.60. The predicted molar refractivity (Wildman–Crippen MR) is 97.2 cm³/mol. The smallest absolute Gasteiger partial charge is 0.123 e. The van der Waals surface area contributed by atoms with Crippen molar-refractivity contribution >= 4 is 32.3 Å². The van der Waals surface area contributed by atoms with Gasteiger partial charge >= 0.3 is 0 Å². The molecule has 1 N–H and O–H groups in total. The summed E-state index contributed by atoms with van der Waals surface area (Å²) in [6, 6.07) is 26.9. The highest BCUT2D eigenvalue weighted by Gasteiger charge is 2.13. The second-order valence-electron chi connectivity index (χ2n) is 5.99. The van der Waals surface area contributed by atoms with Crippen molar-refractivity contribution in [2.45, 2.75) is 0 Å². The van der Waals surface area contributed by atoms with Gasteiger partial charge in [-0.05, 0) is 43.9 Å². The van der Waals surface area contributed by atoms with Crippen molar-refractivity contribution in [2.75, 3.05) is 0 Å². The number of aromatic hydroxyl groups is 1. The normalized spacial score (nSPS) is 11.7. The molecule has 0 aliphatic rings. The summed E-state index contributed by atoms with van der Waals surface area (Å²) in [6.07, 6.45) is 0. The Hall–Kier alpha value is -3.06. The summed E-state index contributed by atoms with van der Waals surface area (Å²) in [6.45, 7) is 0. The molecule has 108 valence electrons. The van der Waals surface area contributed by atoms with Crippen LogP contribution in [-0.2, 0) is 0 Å². The topological polar surface area (TPSA) is 20.2 Å². The predicted octanol–water partition coefficient (Wildman–Crippen LogP) is 5.96. The number of phenols is 1. The third-order valence-electron chi connectivity index (χ3n) is 4.72. The van der Waals surface area contributed by atoms with Crippen molar-refractivity contribution in [3.8, 4) is 16.9 Å². The maximum absolute atomic E-state index is 10.3. The van der Waals surface area contributed by atoms with Gasteiger partial charge < -0.3 is 5.11 Å². The number of para-hydroxylation sites is 1. The zero-order chi connectivity index (χ0) is 15.4. The van der Waals surface area contributed by atoms with E-state index in [0.717, 1.165) is 11.1 Å². The fourth-order valence-electron chi connectivity index (χ4n) is 3.67. The van der Waals surface area contributed by atoms with Crippen molar-refractivity contribution in [1.29, 1.82) is 0 Å². The zero-order valence-electron chi connectivity index (χ0n) is 12.5. The van der Waals surface area contributed by atoms with Crippen LogP contribution in [0.25, 0.3) is 43.4 Å². The Morgan fingerprint density at radius 2 is 1.13 bits per heavy atom. The van der Waals surface area contributed by atoms with E-state index in [0.29, 0.717) is 5.75 Å². The van der Waals surface area contributed by atoms with Gasteiger partial charge in [0, 0.05) is 5.56 Å². The molecule has 1 nitrogen and oxygen atoms in total. The van der Waals surface area contributed by atoms with Crippen LogP contribution < -0.4 is 0 Å². The minimum Gasteiger partial charge on any atom is -0.507 e. The van der Waals surface area contributed by atoms with Crippen molar-refractivity contribution in [3.05, 3.63) is 78.9 Å². The first-order valence-electron chi connectivity index (χ1n) is 7.78. The molecule has 0 aliphatic heterocycles. The van der Waals surface area contributed by atoms with E-state index in [1.807, 2.05) is 18.2 Å². The minimum atomic E-state index is 0.322. The summed E-state index contributed by atoms with van der Waals surface area (Å²) in [5.41, 5.74) is 1.96. The second-order valence-corrected chi connectivity index (χ2v) is 5.99. The van der Waals surface area contributed by atoms with Crippen LogP contribution in [0.3, 0.4) is 0 Å². The van der Waals surface area contributed by atoms with Crippen LogP contribution in [0.2, 0.25) is 0 Å². The molecule has 0 saturated carbocycles. The first-order valence-corrected chi connectivity index (χ1v) is 7.78. The molecule has 0 spiro atoms. The highest BCUT2D eigenvalue weighted by Crippen LogP contribution is 2.40. The maximum atomic E-state index is 10.3. The van der Waals surface area contributed by atoms with Crippen molar-refractivity contribution in [1.82, 2.24) is 0 Å². The van der Waals surface area contributed by atoms with E-state index < -0.39 is 0 Å². The number of phenolic OH excluding ortho intramolecular Hbond substituents is 1. The summed E-state index contributed by atoms with van der Waals surface area (Å²) >= 11 is 0. The van der Waals surface area contributed by atoms with Crippen molar-refractivity contribution < 1.29 is 5.11 Å². The first-order chi connectivity index (χ1) is 11.3. The number of benzene rings is 5. The van der Waals surface area contributed by atoms with Gasteiger partial charge in [0.2, 0.25) is 0 Å². The second kappa shape index (κ2) is 4.47. The summed E-state index contributed by atoms with van der Waals surface area (Å²) in [7, 11) is 0.